The molecule has 0 aliphatic carbocycles. The maximum absolute atomic E-state index is 12.5. The van der Waals surface area contributed by atoms with Crippen molar-refractivity contribution in [2.75, 3.05) is 11.9 Å². The number of hydrogen-bond donors (Lipinski definition) is 2. The minimum Gasteiger partial charge on any atom is -0.326 e. The fraction of sp³-hybridized carbons (Fsp3) is 0.588. The van der Waals surface area contributed by atoms with E-state index in [-0.39, 0.29) is 11.9 Å². The van der Waals surface area contributed by atoms with Crippen molar-refractivity contribution in [3.8, 4) is 0 Å². The van der Waals surface area contributed by atoms with Crippen LogP contribution in [0.3, 0.4) is 0 Å². The van der Waals surface area contributed by atoms with Gasteiger partial charge in [0.25, 0.3) is 0 Å². The molecule has 3 N–H and O–H groups in total. The number of nitrogens with two attached hydrogens (primary N) is 1. The number of piperidine rings is 1. The van der Waals surface area contributed by atoms with Crippen LogP contribution in [-0.2, 0) is 11.3 Å². The topological polar surface area (TPSA) is 58.4 Å². The molecule has 0 bridgehead atoms. The van der Waals surface area contributed by atoms with Gasteiger partial charge in [-0.05, 0) is 50.4 Å². The number of nitrogens with zero attached hydrogens (tertiary/aromatic N) is 1. The van der Waals surface area contributed by atoms with E-state index < -0.39 is 0 Å². The van der Waals surface area contributed by atoms with Crippen LogP contribution < -0.4 is 11.1 Å². The Labute approximate surface area is 127 Å². The number of anilines is 1. The number of hydrogen-bond acceptors (Lipinski definition) is 3. The highest BCUT2D eigenvalue weighted by Crippen LogP contribution is 2.22. The lowest BCUT2D eigenvalue weighted by Crippen LogP contribution is -2.49. The fourth-order valence-electron chi connectivity index (χ4n) is 3.09. The van der Waals surface area contributed by atoms with Crippen LogP contribution in [-0.4, -0.2) is 29.4 Å². The van der Waals surface area contributed by atoms with Crippen LogP contribution in [0.5, 0.6) is 0 Å². The van der Waals surface area contributed by atoms with E-state index in [1.54, 1.807) is 0 Å². The van der Waals surface area contributed by atoms with Gasteiger partial charge in [0.1, 0.15) is 0 Å². The number of likely N-dealkylation sites (tertiary alicyclic amines) is 1. The van der Waals surface area contributed by atoms with Crippen LogP contribution in [0, 0.1) is 0 Å². The third kappa shape index (κ3) is 4.05. The molecule has 2 rings (SSSR count). The van der Waals surface area contributed by atoms with E-state index in [0.29, 0.717) is 12.6 Å². The molecule has 1 fully saturated rings. The van der Waals surface area contributed by atoms with Gasteiger partial charge in [-0.25, -0.2) is 0 Å². The fourth-order valence-corrected chi connectivity index (χ4v) is 3.09. The first-order chi connectivity index (χ1) is 10.2. The summed E-state index contributed by atoms with van der Waals surface area (Å²) in [6.45, 7) is 5.77. The molecule has 0 saturated carbocycles. The van der Waals surface area contributed by atoms with E-state index in [2.05, 4.69) is 17.1 Å². The first-order valence-electron chi connectivity index (χ1n) is 8.01. The molecular formula is C17H27N3O. The van der Waals surface area contributed by atoms with Gasteiger partial charge in [-0.2, -0.15) is 0 Å². The van der Waals surface area contributed by atoms with Gasteiger partial charge in [0.2, 0.25) is 5.91 Å². The Kier molecular flexibility index (Phi) is 5.76. The summed E-state index contributed by atoms with van der Waals surface area (Å²) in [5.74, 6) is 0.0795. The van der Waals surface area contributed by atoms with Gasteiger partial charge in [-0.1, -0.05) is 25.5 Å². The number of rotatable bonds is 5. The SMILES string of the molecule is CCC1CCCCN1C(C)C(=O)Nc1ccc(CN)cc1. The van der Waals surface area contributed by atoms with E-state index in [9.17, 15) is 4.79 Å². The predicted molar refractivity (Wildman–Crippen MR) is 87.1 cm³/mol. The maximum atomic E-state index is 12.5. The molecule has 21 heavy (non-hydrogen) atoms. The summed E-state index contributed by atoms with van der Waals surface area (Å²) in [5, 5.41) is 3.01. The molecule has 2 atom stereocenters. The molecule has 0 aromatic heterocycles. The van der Waals surface area contributed by atoms with E-state index in [1.165, 1.54) is 19.3 Å². The van der Waals surface area contributed by atoms with Crippen LogP contribution in [0.25, 0.3) is 0 Å². The van der Waals surface area contributed by atoms with Crippen molar-refractivity contribution in [3.63, 3.8) is 0 Å². The largest absolute Gasteiger partial charge is 0.326 e. The Morgan fingerprint density at radius 2 is 2.10 bits per heavy atom. The Morgan fingerprint density at radius 1 is 1.38 bits per heavy atom. The van der Waals surface area contributed by atoms with Crippen LogP contribution in [0.4, 0.5) is 5.69 Å². The van der Waals surface area contributed by atoms with E-state index in [4.69, 9.17) is 5.73 Å². The molecule has 1 heterocycles. The molecule has 2 unspecified atom stereocenters. The zero-order valence-corrected chi connectivity index (χ0v) is 13.1. The van der Waals surface area contributed by atoms with Gasteiger partial charge >= 0.3 is 0 Å². The Bertz CT molecular complexity index is 458. The second-order valence-electron chi connectivity index (χ2n) is 5.86. The van der Waals surface area contributed by atoms with Crippen molar-refractivity contribution in [2.45, 2.75) is 58.2 Å². The van der Waals surface area contributed by atoms with Gasteiger partial charge in [0.05, 0.1) is 6.04 Å². The van der Waals surface area contributed by atoms with Crippen molar-refractivity contribution in [1.82, 2.24) is 4.90 Å². The number of nitrogens with one attached hydrogen (secondary N) is 1. The van der Waals surface area contributed by atoms with Gasteiger partial charge in [-0.15, -0.1) is 0 Å². The minimum atomic E-state index is -0.0792. The molecule has 4 heteroatoms. The van der Waals surface area contributed by atoms with Crippen LogP contribution in [0.2, 0.25) is 0 Å². The van der Waals surface area contributed by atoms with Crippen LogP contribution in [0.1, 0.15) is 45.1 Å². The molecule has 116 valence electrons. The quantitative estimate of drug-likeness (QED) is 0.876. The molecule has 1 aromatic rings. The average Bonchev–Trinajstić information content (AvgIpc) is 2.54. The summed E-state index contributed by atoms with van der Waals surface area (Å²) in [6.07, 6.45) is 4.80. The van der Waals surface area contributed by atoms with E-state index >= 15 is 0 Å². The molecule has 0 radical (unpaired) electrons. The lowest BCUT2D eigenvalue weighted by atomic mass is 9.98. The molecule has 4 nitrogen and oxygen atoms in total. The second-order valence-corrected chi connectivity index (χ2v) is 5.86. The normalized spacial score (nSPS) is 21.0. The molecule has 1 aromatic carbocycles. The van der Waals surface area contributed by atoms with Gasteiger partial charge in [0.15, 0.2) is 0 Å². The zero-order chi connectivity index (χ0) is 15.2. The number of carbonyl (C=O) groups is 1. The third-order valence-electron chi connectivity index (χ3n) is 4.48. The number of benzene rings is 1. The maximum Gasteiger partial charge on any atom is 0.241 e. The van der Waals surface area contributed by atoms with Crippen molar-refractivity contribution >= 4 is 11.6 Å². The first kappa shape index (κ1) is 16.0. The smallest absolute Gasteiger partial charge is 0.241 e. The average molecular weight is 289 g/mol. The molecule has 0 spiro atoms. The predicted octanol–water partition coefficient (Wildman–Crippen LogP) is 2.74. The molecule has 1 saturated heterocycles. The lowest BCUT2D eigenvalue weighted by molar-refractivity contribution is -0.122. The lowest BCUT2D eigenvalue weighted by Gasteiger charge is -2.38. The Morgan fingerprint density at radius 3 is 2.71 bits per heavy atom. The van der Waals surface area contributed by atoms with E-state index in [1.807, 2.05) is 31.2 Å². The van der Waals surface area contributed by atoms with Crippen molar-refractivity contribution < 1.29 is 4.79 Å². The molecule has 1 amide bonds. The summed E-state index contributed by atoms with van der Waals surface area (Å²) in [6, 6.07) is 8.20. The van der Waals surface area contributed by atoms with Crippen molar-refractivity contribution in [1.29, 1.82) is 0 Å². The standard InChI is InChI=1S/C17H27N3O/c1-3-16-6-4-5-11-20(16)13(2)17(21)19-15-9-7-14(12-18)8-10-15/h7-10,13,16H,3-6,11-12,18H2,1-2H3,(H,19,21). The van der Waals surface area contributed by atoms with Gasteiger partial charge in [0, 0.05) is 18.3 Å². The van der Waals surface area contributed by atoms with Crippen molar-refractivity contribution in [2.24, 2.45) is 5.73 Å². The summed E-state index contributed by atoms with van der Waals surface area (Å²) >= 11 is 0. The minimum absolute atomic E-state index is 0.0792. The highest BCUT2D eigenvalue weighted by atomic mass is 16.2. The summed E-state index contributed by atoms with van der Waals surface area (Å²) in [5.41, 5.74) is 7.50. The van der Waals surface area contributed by atoms with Gasteiger partial charge < -0.3 is 11.1 Å². The van der Waals surface area contributed by atoms with E-state index in [0.717, 1.165) is 24.2 Å². The Hall–Kier alpha value is -1.39. The van der Waals surface area contributed by atoms with Crippen LogP contribution in [0.15, 0.2) is 24.3 Å². The molecule has 1 aliphatic heterocycles. The summed E-state index contributed by atoms with van der Waals surface area (Å²) < 4.78 is 0. The number of amides is 1. The monoisotopic (exact) mass is 289 g/mol. The third-order valence-corrected chi connectivity index (χ3v) is 4.48. The summed E-state index contributed by atoms with van der Waals surface area (Å²) in [4.78, 5) is 14.8. The highest BCUT2D eigenvalue weighted by molar-refractivity contribution is 5.94. The van der Waals surface area contributed by atoms with Gasteiger partial charge in [-0.3, -0.25) is 9.69 Å². The highest BCUT2D eigenvalue weighted by Gasteiger charge is 2.29. The zero-order valence-electron chi connectivity index (χ0n) is 13.1. The number of carbonyl (C=O) groups excluding carboxylic acids is 1. The first-order valence-corrected chi connectivity index (χ1v) is 8.01. The molecule has 1 aliphatic rings. The Balaban J connectivity index is 1.97. The van der Waals surface area contributed by atoms with Crippen LogP contribution >= 0.6 is 0 Å². The second kappa shape index (κ2) is 7.57. The summed E-state index contributed by atoms with van der Waals surface area (Å²) in [7, 11) is 0. The van der Waals surface area contributed by atoms with Crippen molar-refractivity contribution in [3.05, 3.63) is 29.8 Å². The molecular weight excluding hydrogens is 262 g/mol.